The van der Waals surface area contributed by atoms with E-state index in [4.69, 9.17) is 22.4 Å². The second-order valence-corrected chi connectivity index (χ2v) is 3.68. The highest BCUT2D eigenvalue weighted by atomic mass is 35.5. The van der Waals surface area contributed by atoms with Crippen molar-refractivity contribution < 1.29 is 15.0 Å². The summed E-state index contributed by atoms with van der Waals surface area (Å²) in [6.45, 7) is 0. The van der Waals surface area contributed by atoms with Crippen LogP contribution in [0.3, 0.4) is 0 Å². The van der Waals surface area contributed by atoms with Crippen molar-refractivity contribution in [1.82, 2.24) is 0 Å². The largest absolute Gasteiger partial charge is 0.508 e. The molecule has 0 aliphatic rings. The van der Waals surface area contributed by atoms with Gasteiger partial charge >= 0.3 is 5.97 Å². The molecule has 1 aromatic carbocycles. The summed E-state index contributed by atoms with van der Waals surface area (Å²) < 4.78 is 0. The van der Waals surface area contributed by atoms with Crippen molar-refractivity contribution in [3.05, 3.63) is 28.8 Å². The van der Waals surface area contributed by atoms with E-state index in [0.29, 0.717) is 10.6 Å². The molecule has 1 rings (SSSR count). The molecule has 4 N–H and O–H groups in total. The topological polar surface area (TPSA) is 83.6 Å². The van der Waals surface area contributed by atoms with Gasteiger partial charge in [-0.3, -0.25) is 4.79 Å². The van der Waals surface area contributed by atoms with Crippen LogP contribution in [0.15, 0.2) is 18.2 Å². The van der Waals surface area contributed by atoms with Crippen LogP contribution in [0.5, 0.6) is 5.75 Å². The third-order valence-corrected chi connectivity index (χ3v) is 2.29. The van der Waals surface area contributed by atoms with Gasteiger partial charge in [0.05, 0.1) is 0 Å². The van der Waals surface area contributed by atoms with Gasteiger partial charge in [0.1, 0.15) is 5.75 Å². The molecule has 5 heteroatoms. The van der Waals surface area contributed by atoms with Gasteiger partial charge in [0.25, 0.3) is 0 Å². The minimum atomic E-state index is -0.910. The Balaban J connectivity index is 2.76. The maximum atomic E-state index is 10.3. The Hall–Kier alpha value is -1.26. The van der Waals surface area contributed by atoms with E-state index < -0.39 is 12.0 Å². The fraction of sp³-hybridized carbons (Fsp3) is 0.300. The number of carbonyl (C=O) groups is 1. The van der Waals surface area contributed by atoms with E-state index in [1.807, 2.05) is 0 Å². The molecule has 0 aliphatic carbocycles. The zero-order chi connectivity index (χ0) is 11.4. The first-order valence-corrected chi connectivity index (χ1v) is 4.84. The Morgan fingerprint density at radius 1 is 1.53 bits per heavy atom. The number of phenolic OH excluding ortho intramolecular Hbond substituents is 1. The number of hydrogen-bond donors (Lipinski definition) is 3. The van der Waals surface area contributed by atoms with Gasteiger partial charge in [0.2, 0.25) is 0 Å². The van der Waals surface area contributed by atoms with E-state index in [-0.39, 0.29) is 18.6 Å². The molecule has 82 valence electrons. The molecule has 0 aromatic heterocycles. The first-order valence-electron chi connectivity index (χ1n) is 4.46. The summed E-state index contributed by atoms with van der Waals surface area (Å²) in [5, 5.41) is 18.4. The maximum absolute atomic E-state index is 10.3. The first-order chi connectivity index (χ1) is 7.00. The lowest BCUT2D eigenvalue weighted by molar-refractivity contribution is -0.137. The second-order valence-electron chi connectivity index (χ2n) is 3.24. The van der Waals surface area contributed by atoms with E-state index in [1.165, 1.54) is 6.07 Å². The Bertz CT molecular complexity index is 368. The Kier molecular flexibility index (Phi) is 3.94. The van der Waals surface area contributed by atoms with Crippen molar-refractivity contribution in [2.75, 3.05) is 0 Å². The molecule has 0 aliphatic heterocycles. The number of carboxylic acid groups (broad SMARTS) is 1. The van der Waals surface area contributed by atoms with Crippen molar-refractivity contribution in [3.8, 4) is 5.75 Å². The minimum Gasteiger partial charge on any atom is -0.508 e. The summed E-state index contributed by atoms with van der Waals surface area (Å²) in [5.41, 5.74) is 6.21. The molecule has 15 heavy (non-hydrogen) atoms. The number of aromatic hydroxyl groups is 1. The molecule has 4 nitrogen and oxygen atoms in total. The average Bonchev–Trinajstić information content (AvgIpc) is 2.18. The van der Waals surface area contributed by atoms with Crippen LogP contribution in [0.25, 0.3) is 0 Å². The van der Waals surface area contributed by atoms with Crippen LogP contribution >= 0.6 is 11.6 Å². The normalized spacial score (nSPS) is 12.4. The van der Waals surface area contributed by atoms with Crippen LogP contribution in [-0.4, -0.2) is 16.2 Å². The summed E-state index contributed by atoms with van der Waals surface area (Å²) in [6.07, 6.45) is 0.232. The molecule has 1 aromatic rings. The van der Waals surface area contributed by atoms with Gasteiger partial charge in [-0.2, -0.15) is 0 Å². The van der Waals surface area contributed by atoms with Crippen LogP contribution in [0, 0.1) is 0 Å². The van der Waals surface area contributed by atoms with Crippen molar-refractivity contribution in [2.24, 2.45) is 5.73 Å². The van der Waals surface area contributed by atoms with Gasteiger partial charge < -0.3 is 15.9 Å². The SMILES string of the molecule is NC(CCC(=O)O)c1cc(Cl)ccc1O. The highest BCUT2D eigenvalue weighted by Gasteiger charge is 2.12. The van der Waals surface area contributed by atoms with Crippen molar-refractivity contribution in [3.63, 3.8) is 0 Å². The van der Waals surface area contributed by atoms with Crippen molar-refractivity contribution in [1.29, 1.82) is 0 Å². The number of aliphatic carboxylic acids is 1. The number of phenols is 1. The van der Waals surface area contributed by atoms with Gasteiger partial charge in [-0.25, -0.2) is 0 Å². The standard InChI is InChI=1S/C10H12ClNO3/c11-6-1-3-9(13)7(5-6)8(12)2-4-10(14)15/h1,3,5,8,13H,2,4,12H2,(H,14,15). The lowest BCUT2D eigenvalue weighted by atomic mass is 10.0. The fourth-order valence-electron chi connectivity index (χ4n) is 1.26. The van der Waals surface area contributed by atoms with Gasteiger partial charge in [-0.15, -0.1) is 0 Å². The molecule has 1 atom stereocenters. The van der Waals surface area contributed by atoms with Crippen LogP contribution in [0.4, 0.5) is 0 Å². The highest BCUT2D eigenvalue weighted by Crippen LogP contribution is 2.28. The van der Waals surface area contributed by atoms with Gasteiger partial charge in [0, 0.05) is 23.0 Å². The predicted octanol–water partition coefficient (Wildman–Crippen LogP) is 1.91. The van der Waals surface area contributed by atoms with Crippen molar-refractivity contribution in [2.45, 2.75) is 18.9 Å². The molecule has 0 saturated carbocycles. The molecule has 0 saturated heterocycles. The number of carboxylic acids is 1. The van der Waals surface area contributed by atoms with Gasteiger partial charge in [0.15, 0.2) is 0 Å². The monoisotopic (exact) mass is 229 g/mol. The predicted molar refractivity (Wildman–Crippen MR) is 56.9 cm³/mol. The first kappa shape index (κ1) is 11.8. The third kappa shape index (κ3) is 3.42. The Morgan fingerprint density at radius 2 is 2.20 bits per heavy atom. The molecule has 1 unspecified atom stereocenters. The molecule has 0 amide bonds. The summed E-state index contributed by atoms with van der Waals surface area (Å²) in [7, 11) is 0. The molecule has 0 bridgehead atoms. The van der Waals surface area contributed by atoms with Gasteiger partial charge in [-0.05, 0) is 24.6 Å². The summed E-state index contributed by atoms with van der Waals surface area (Å²) in [4.78, 5) is 10.3. The van der Waals surface area contributed by atoms with Crippen LogP contribution in [0.2, 0.25) is 5.02 Å². The highest BCUT2D eigenvalue weighted by molar-refractivity contribution is 6.30. The van der Waals surface area contributed by atoms with E-state index in [9.17, 15) is 9.90 Å². The number of benzene rings is 1. The zero-order valence-electron chi connectivity index (χ0n) is 7.98. The Labute approximate surface area is 92.3 Å². The quantitative estimate of drug-likeness (QED) is 0.737. The summed E-state index contributed by atoms with van der Waals surface area (Å²) >= 11 is 5.74. The maximum Gasteiger partial charge on any atom is 0.303 e. The van der Waals surface area contributed by atoms with Crippen LogP contribution in [0.1, 0.15) is 24.4 Å². The lowest BCUT2D eigenvalue weighted by Gasteiger charge is -2.12. The zero-order valence-corrected chi connectivity index (χ0v) is 8.74. The summed E-state index contributed by atoms with van der Waals surface area (Å²) in [6, 6.07) is 4.02. The van der Waals surface area contributed by atoms with Crippen LogP contribution in [-0.2, 0) is 4.79 Å². The third-order valence-electron chi connectivity index (χ3n) is 2.06. The summed E-state index contributed by atoms with van der Waals surface area (Å²) in [5.74, 6) is -0.871. The minimum absolute atomic E-state index is 0.0346. The molecular formula is C10H12ClNO3. The number of rotatable bonds is 4. The van der Waals surface area contributed by atoms with E-state index in [1.54, 1.807) is 12.1 Å². The second kappa shape index (κ2) is 5.00. The lowest BCUT2D eigenvalue weighted by Crippen LogP contribution is -2.12. The molecule has 0 heterocycles. The molecular weight excluding hydrogens is 218 g/mol. The molecule has 0 radical (unpaired) electrons. The Morgan fingerprint density at radius 3 is 2.80 bits per heavy atom. The number of nitrogens with two attached hydrogens (primary N) is 1. The van der Waals surface area contributed by atoms with E-state index in [0.717, 1.165) is 0 Å². The van der Waals surface area contributed by atoms with E-state index in [2.05, 4.69) is 0 Å². The van der Waals surface area contributed by atoms with Crippen LogP contribution < -0.4 is 5.73 Å². The molecule has 0 fully saturated rings. The smallest absolute Gasteiger partial charge is 0.303 e. The fourth-order valence-corrected chi connectivity index (χ4v) is 1.44. The van der Waals surface area contributed by atoms with E-state index >= 15 is 0 Å². The number of halogens is 1. The molecule has 0 spiro atoms. The average molecular weight is 230 g/mol. The van der Waals surface area contributed by atoms with Crippen molar-refractivity contribution >= 4 is 17.6 Å². The number of hydrogen-bond acceptors (Lipinski definition) is 3. The van der Waals surface area contributed by atoms with Gasteiger partial charge in [-0.1, -0.05) is 11.6 Å².